The second-order valence-corrected chi connectivity index (χ2v) is 6.98. The van der Waals surface area contributed by atoms with Gasteiger partial charge in [0.15, 0.2) is 0 Å². The van der Waals surface area contributed by atoms with Gasteiger partial charge < -0.3 is 5.32 Å². The summed E-state index contributed by atoms with van der Waals surface area (Å²) in [6, 6.07) is 6.18. The number of fused-ring (bicyclic) bond motifs is 1. The van der Waals surface area contributed by atoms with Gasteiger partial charge in [-0.15, -0.1) is 0 Å². The van der Waals surface area contributed by atoms with E-state index in [4.69, 9.17) is 5.10 Å². The van der Waals surface area contributed by atoms with Crippen LogP contribution in [0.5, 0.6) is 0 Å². The molecule has 25 heavy (non-hydrogen) atoms. The van der Waals surface area contributed by atoms with Crippen molar-refractivity contribution in [2.45, 2.75) is 25.4 Å². The molecule has 0 spiro atoms. The number of rotatable bonds is 3. The Bertz CT molecular complexity index is 952. The molecule has 0 unspecified atom stereocenters. The average Bonchev–Trinajstić information content (AvgIpc) is 3.21. The molecule has 1 N–H and O–H groups in total. The van der Waals surface area contributed by atoms with Crippen molar-refractivity contribution in [1.82, 2.24) is 19.7 Å². The zero-order valence-corrected chi connectivity index (χ0v) is 14.8. The highest BCUT2D eigenvalue weighted by Gasteiger charge is 2.25. The number of benzene rings is 1. The van der Waals surface area contributed by atoms with Gasteiger partial charge in [-0.2, -0.15) is 16.9 Å². The van der Waals surface area contributed by atoms with Crippen LogP contribution in [0.3, 0.4) is 0 Å². The maximum atomic E-state index is 12.6. The molecule has 6 nitrogen and oxygen atoms in total. The van der Waals surface area contributed by atoms with Gasteiger partial charge in [-0.05, 0) is 37.1 Å². The lowest BCUT2D eigenvalue weighted by molar-refractivity contribution is 0.102. The van der Waals surface area contributed by atoms with E-state index in [-0.39, 0.29) is 11.6 Å². The minimum atomic E-state index is -0.280. The number of amides is 1. The van der Waals surface area contributed by atoms with Gasteiger partial charge in [0.25, 0.3) is 5.91 Å². The largest absolute Gasteiger partial charge is 0.305 e. The van der Waals surface area contributed by atoms with Crippen LogP contribution in [0.1, 0.15) is 32.9 Å². The first kappa shape index (κ1) is 15.8. The van der Waals surface area contributed by atoms with E-state index in [1.54, 1.807) is 18.0 Å². The number of nitrogens with one attached hydrogen (secondary N) is 1. The fraction of sp³-hybridized carbons (Fsp3) is 0.222. The van der Waals surface area contributed by atoms with Crippen LogP contribution in [0, 0.1) is 13.8 Å². The van der Waals surface area contributed by atoms with E-state index >= 15 is 0 Å². The van der Waals surface area contributed by atoms with Crippen molar-refractivity contribution in [3.05, 3.63) is 64.9 Å². The normalized spacial score (nSPS) is 12.9. The molecule has 0 bridgehead atoms. The van der Waals surface area contributed by atoms with Crippen LogP contribution in [-0.4, -0.2) is 25.7 Å². The summed E-state index contributed by atoms with van der Waals surface area (Å²) >= 11 is 1.80. The van der Waals surface area contributed by atoms with Crippen molar-refractivity contribution >= 4 is 23.5 Å². The van der Waals surface area contributed by atoms with E-state index < -0.39 is 0 Å². The maximum absolute atomic E-state index is 12.6. The smallest absolute Gasteiger partial charge is 0.277 e. The van der Waals surface area contributed by atoms with Gasteiger partial charge in [0, 0.05) is 29.5 Å². The lowest BCUT2D eigenvalue weighted by atomic mass is 10.1. The Labute approximate surface area is 149 Å². The molecule has 1 aromatic carbocycles. The van der Waals surface area contributed by atoms with Gasteiger partial charge in [-0.25, -0.2) is 9.67 Å². The fourth-order valence-electron chi connectivity index (χ4n) is 2.77. The van der Waals surface area contributed by atoms with Crippen molar-refractivity contribution in [2.24, 2.45) is 0 Å². The summed E-state index contributed by atoms with van der Waals surface area (Å²) in [5.41, 5.74) is 5.75. The third-order valence-electron chi connectivity index (χ3n) is 4.31. The highest BCUT2D eigenvalue weighted by Crippen LogP contribution is 2.36. The molecular formula is C18H17N5OS. The third kappa shape index (κ3) is 2.91. The Kier molecular flexibility index (Phi) is 4.01. The Morgan fingerprint density at radius 1 is 1.20 bits per heavy atom. The molecule has 1 aliphatic heterocycles. The van der Waals surface area contributed by atoms with Crippen molar-refractivity contribution in [3.63, 3.8) is 0 Å². The zero-order chi connectivity index (χ0) is 17.4. The minimum absolute atomic E-state index is 0.280. The molecule has 0 atom stereocenters. The first-order valence-electron chi connectivity index (χ1n) is 7.97. The molecule has 1 amide bonds. The first-order valence-corrected chi connectivity index (χ1v) is 9.12. The molecule has 0 saturated heterocycles. The SMILES string of the molecule is Cc1ccc(-n2nc3c(c2NC(=O)c2cnccn2)CSC3)cc1C. The topological polar surface area (TPSA) is 72.7 Å². The van der Waals surface area contributed by atoms with Gasteiger partial charge in [0.05, 0.1) is 17.6 Å². The van der Waals surface area contributed by atoms with Crippen LogP contribution in [0.2, 0.25) is 0 Å². The number of aromatic nitrogens is 4. The van der Waals surface area contributed by atoms with E-state index in [1.807, 2.05) is 10.7 Å². The highest BCUT2D eigenvalue weighted by molar-refractivity contribution is 7.98. The summed E-state index contributed by atoms with van der Waals surface area (Å²) in [4.78, 5) is 20.6. The molecule has 0 fully saturated rings. The number of nitrogens with zero attached hydrogens (tertiary/aromatic N) is 4. The summed E-state index contributed by atoms with van der Waals surface area (Å²) in [5, 5.41) is 7.71. The second kappa shape index (κ2) is 6.33. The average molecular weight is 351 g/mol. The molecule has 7 heteroatoms. The fourth-order valence-corrected chi connectivity index (χ4v) is 3.81. The van der Waals surface area contributed by atoms with Crippen LogP contribution in [0.4, 0.5) is 5.82 Å². The molecule has 3 aromatic rings. The van der Waals surface area contributed by atoms with Gasteiger partial charge in [0.2, 0.25) is 0 Å². The molecule has 0 aliphatic carbocycles. The standard InChI is InChI=1S/C18H17N5OS/c1-11-3-4-13(7-12(11)2)23-17(14-9-25-10-16(14)22-23)21-18(24)15-8-19-5-6-20-15/h3-8H,9-10H2,1-2H3,(H,21,24). The summed E-state index contributed by atoms with van der Waals surface area (Å²) in [5.74, 6) is 2.15. The van der Waals surface area contributed by atoms with Gasteiger partial charge in [-0.3, -0.25) is 9.78 Å². The van der Waals surface area contributed by atoms with Crippen LogP contribution < -0.4 is 5.32 Å². The lowest BCUT2D eigenvalue weighted by Gasteiger charge is -2.12. The number of anilines is 1. The number of hydrogen-bond acceptors (Lipinski definition) is 5. The minimum Gasteiger partial charge on any atom is -0.305 e. The summed E-state index contributed by atoms with van der Waals surface area (Å²) in [7, 11) is 0. The molecule has 4 rings (SSSR count). The molecule has 3 heterocycles. The van der Waals surface area contributed by atoms with Crippen molar-refractivity contribution in [2.75, 3.05) is 5.32 Å². The summed E-state index contributed by atoms with van der Waals surface area (Å²) < 4.78 is 1.82. The lowest BCUT2D eigenvalue weighted by Crippen LogP contribution is -2.17. The summed E-state index contributed by atoms with van der Waals surface area (Å²) in [6.07, 6.45) is 4.52. The van der Waals surface area contributed by atoms with Gasteiger partial charge >= 0.3 is 0 Å². The number of carbonyl (C=O) groups is 1. The van der Waals surface area contributed by atoms with Gasteiger partial charge in [-0.1, -0.05) is 6.07 Å². The van der Waals surface area contributed by atoms with Crippen LogP contribution >= 0.6 is 11.8 Å². The van der Waals surface area contributed by atoms with E-state index in [1.165, 1.54) is 23.5 Å². The van der Waals surface area contributed by atoms with Crippen LogP contribution in [0.15, 0.2) is 36.8 Å². The monoisotopic (exact) mass is 351 g/mol. The quantitative estimate of drug-likeness (QED) is 0.784. The third-order valence-corrected chi connectivity index (χ3v) is 5.29. The molecule has 2 aromatic heterocycles. The first-order chi connectivity index (χ1) is 12.1. The maximum Gasteiger partial charge on any atom is 0.277 e. The molecule has 1 aliphatic rings. The zero-order valence-electron chi connectivity index (χ0n) is 14.0. The van der Waals surface area contributed by atoms with E-state index in [9.17, 15) is 4.79 Å². The predicted octanol–water partition coefficient (Wildman–Crippen LogP) is 3.28. The van der Waals surface area contributed by atoms with Crippen molar-refractivity contribution < 1.29 is 4.79 Å². The predicted molar refractivity (Wildman–Crippen MR) is 98.0 cm³/mol. The molecule has 0 saturated carbocycles. The number of carbonyl (C=O) groups excluding carboxylic acids is 1. The molecular weight excluding hydrogens is 334 g/mol. The highest BCUT2D eigenvalue weighted by atomic mass is 32.2. The Balaban J connectivity index is 1.76. The van der Waals surface area contributed by atoms with Gasteiger partial charge in [0.1, 0.15) is 11.5 Å². The Morgan fingerprint density at radius 2 is 2.08 bits per heavy atom. The number of thioether (sulfide) groups is 1. The Hall–Kier alpha value is -2.67. The van der Waals surface area contributed by atoms with Crippen molar-refractivity contribution in [3.8, 4) is 5.69 Å². The van der Waals surface area contributed by atoms with E-state index in [2.05, 4.69) is 41.3 Å². The number of aryl methyl sites for hydroxylation is 2. The van der Waals surface area contributed by atoms with Crippen LogP contribution in [0.25, 0.3) is 5.69 Å². The van der Waals surface area contributed by atoms with E-state index in [0.717, 1.165) is 34.3 Å². The number of hydrogen-bond donors (Lipinski definition) is 1. The van der Waals surface area contributed by atoms with E-state index in [0.29, 0.717) is 0 Å². The Morgan fingerprint density at radius 3 is 2.84 bits per heavy atom. The second-order valence-electron chi connectivity index (χ2n) is 5.99. The molecule has 126 valence electrons. The summed E-state index contributed by atoms with van der Waals surface area (Å²) in [6.45, 7) is 4.15. The van der Waals surface area contributed by atoms with Crippen molar-refractivity contribution in [1.29, 1.82) is 0 Å². The van der Waals surface area contributed by atoms with Crippen LogP contribution in [-0.2, 0) is 11.5 Å². The molecule has 0 radical (unpaired) electrons.